The van der Waals surface area contributed by atoms with Gasteiger partial charge in [0.05, 0.1) is 0 Å². The molecule has 3 rings (SSSR count). The van der Waals surface area contributed by atoms with Gasteiger partial charge in [-0.25, -0.2) is 0 Å². The second kappa shape index (κ2) is 7.49. The maximum atomic E-state index is 12.9. The van der Waals surface area contributed by atoms with Gasteiger partial charge in [-0.15, -0.1) is 0 Å². The molecule has 3 aromatic carbocycles. The fourth-order valence-corrected chi connectivity index (χ4v) is 2.51. The van der Waals surface area contributed by atoms with E-state index >= 15 is 0 Å². The van der Waals surface area contributed by atoms with Gasteiger partial charge in [0.1, 0.15) is 0 Å². The molecule has 0 aromatic heterocycles. The summed E-state index contributed by atoms with van der Waals surface area (Å²) in [5.74, 6) is -2.04. The van der Waals surface area contributed by atoms with Gasteiger partial charge in [0, 0.05) is 16.7 Å². The number of hydrogen-bond acceptors (Lipinski definition) is 3. The molecule has 0 aliphatic carbocycles. The lowest BCUT2D eigenvalue weighted by Gasteiger charge is -2.13. The van der Waals surface area contributed by atoms with E-state index in [1.165, 1.54) is 0 Å². The van der Waals surface area contributed by atoms with E-state index in [1.807, 2.05) is 0 Å². The number of benzene rings is 3. The summed E-state index contributed by atoms with van der Waals surface area (Å²) in [6.07, 6.45) is 0. The summed E-state index contributed by atoms with van der Waals surface area (Å²) in [5, 5.41) is 0. The van der Waals surface area contributed by atoms with E-state index in [-0.39, 0.29) is 5.92 Å². The van der Waals surface area contributed by atoms with Gasteiger partial charge in [0.25, 0.3) is 0 Å². The molecular formula is C22H15O3. The van der Waals surface area contributed by atoms with Crippen molar-refractivity contribution in [3.63, 3.8) is 0 Å². The molecule has 0 amide bonds. The van der Waals surface area contributed by atoms with Crippen LogP contribution in [-0.4, -0.2) is 17.3 Å². The number of rotatable bonds is 6. The zero-order valence-electron chi connectivity index (χ0n) is 13.4. The van der Waals surface area contributed by atoms with Crippen molar-refractivity contribution in [1.29, 1.82) is 0 Å². The van der Waals surface area contributed by atoms with E-state index in [1.54, 1.807) is 91.0 Å². The van der Waals surface area contributed by atoms with Crippen LogP contribution in [-0.2, 0) is 0 Å². The van der Waals surface area contributed by atoms with Gasteiger partial charge >= 0.3 is 0 Å². The van der Waals surface area contributed by atoms with Gasteiger partial charge in [-0.1, -0.05) is 91.0 Å². The molecule has 3 heteroatoms. The third kappa shape index (κ3) is 3.61. The first-order chi connectivity index (χ1) is 12.2. The minimum Gasteiger partial charge on any atom is -0.292 e. The van der Waals surface area contributed by atoms with Gasteiger partial charge < -0.3 is 0 Å². The predicted molar refractivity (Wildman–Crippen MR) is 95.6 cm³/mol. The molecule has 0 aliphatic rings. The molecule has 25 heavy (non-hydrogen) atoms. The zero-order valence-corrected chi connectivity index (χ0v) is 13.4. The summed E-state index contributed by atoms with van der Waals surface area (Å²) in [6, 6.07) is 25.1. The number of hydrogen-bond donors (Lipinski definition) is 0. The summed E-state index contributed by atoms with van der Waals surface area (Å²) in [7, 11) is 0. The van der Waals surface area contributed by atoms with Gasteiger partial charge in [0.15, 0.2) is 23.3 Å². The van der Waals surface area contributed by atoms with Crippen molar-refractivity contribution in [2.24, 2.45) is 0 Å². The zero-order chi connectivity index (χ0) is 17.6. The van der Waals surface area contributed by atoms with Crippen molar-refractivity contribution >= 4 is 17.3 Å². The van der Waals surface area contributed by atoms with Crippen LogP contribution in [0.25, 0.3) is 0 Å². The third-order valence-electron chi connectivity index (χ3n) is 3.79. The van der Waals surface area contributed by atoms with Crippen LogP contribution in [0.2, 0.25) is 0 Å². The summed E-state index contributed by atoms with van der Waals surface area (Å²) >= 11 is 0. The molecule has 0 N–H and O–H groups in total. The van der Waals surface area contributed by atoms with Gasteiger partial charge in [-0.3, -0.25) is 14.4 Å². The fraction of sp³-hybridized carbons (Fsp3) is 0. The van der Waals surface area contributed by atoms with Crippen molar-refractivity contribution < 1.29 is 14.4 Å². The Morgan fingerprint density at radius 3 is 0.880 bits per heavy atom. The van der Waals surface area contributed by atoms with E-state index in [9.17, 15) is 14.4 Å². The molecule has 121 valence electrons. The summed E-state index contributed by atoms with van der Waals surface area (Å²) in [6.45, 7) is 0. The maximum Gasteiger partial charge on any atom is 0.187 e. The van der Waals surface area contributed by atoms with Crippen molar-refractivity contribution in [2.45, 2.75) is 0 Å². The highest BCUT2D eigenvalue weighted by atomic mass is 16.2. The number of carbonyl (C=O) groups is 3. The van der Waals surface area contributed by atoms with Crippen molar-refractivity contribution in [3.8, 4) is 0 Å². The first-order valence-corrected chi connectivity index (χ1v) is 7.84. The van der Waals surface area contributed by atoms with Crippen molar-refractivity contribution in [2.75, 3.05) is 0 Å². The SMILES string of the molecule is O=C([C](C(=O)c1ccccc1)C(=O)c1ccccc1)c1ccccc1. The minimum atomic E-state index is -0.566. The molecule has 3 nitrogen and oxygen atoms in total. The van der Waals surface area contributed by atoms with Crippen LogP contribution < -0.4 is 0 Å². The largest absolute Gasteiger partial charge is 0.292 e. The standard InChI is InChI=1S/C22H15O3/c23-20(16-10-4-1-5-11-16)19(21(24)17-12-6-2-7-13-17)22(25)18-14-8-3-9-15-18/h1-15H. The third-order valence-corrected chi connectivity index (χ3v) is 3.79. The Labute approximate surface area is 145 Å². The fourth-order valence-electron chi connectivity index (χ4n) is 2.51. The molecule has 0 fully saturated rings. The van der Waals surface area contributed by atoms with E-state index in [4.69, 9.17) is 0 Å². The highest BCUT2D eigenvalue weighted by Gasteiger charge is 2.36. The lowest BCUT2D eigenvalue weighted by atomic mass is 9.84. The summed E-state index contributed by atoms with van der Waals surface area (Å²) in [4.78, 5) is 38.7. The Morgan fingerprint density at radius 1 is 0.400 bits per heavy atom. The highest BCUT2D eigenvalue weighted by molar-refractivity contribution is 6.44. The van der Waals surface area contributed by atoms with Crippen LogP contribution in [0.5, 0.6) is 0 Å². The lowest BCUT2D eigenvalue weighted by molar-refractivity contribution is 0.0859. The second-order valence-corrected chi connectivity index (χ2v) is 5.46. The van der Waals surface area contributed by atoms with E-state index in [2.05, 4.69) is 0 Å². The molecule has 0 bridgehead atoms. The Bertz CT molecular complexity index is 762. The minimum absolute atomic E-state index is 0.311. The molecule has 3 aromatic rings. The van der Waals surface area contributed by atoms with Crippen molar-refractivity contribution in [3.05, 3.63) is 114 Å². The quantitative estimate of drug-likeness (QED) is 0.503. The van der Waals surface area contributed by atoms with Crippen LogP contribution in [0.3, 0.4) is 0 Å². The summed E-state index contributed by atoms with van der Waals surface area (Å²) in [5.41, 5.74) is 0.934. The molecule has 0 unspecified atom stereocenters. The molecule has 1 radical (unpaired) electrons. The lowest BCUT2D eigenvalue weighted by Crippen LogP contribution is -2.30. The number of Topliss-reactive ketones (excluding diaryl/α,β-unsaturated/α-hetero) is 3. The number of ketones is 3. The average Bonchev–Trinajstić information content (AvgIpc) is 2.70. The highest BCUT2D eigenvalue weighted by Crippen LogP contribution is 2.22. The normalized spacial score (nSPS) is 10.4. The van der Waals surface area contributed by atoms with Crippen LogP contribution in [0.4, 0.5) is 0 Å². The topological polar surface area (TPSA) is 51.2 Å². The molecular weight excluding hydrogens is 312 g/mol. The average molecular weight is 327 g/mol. The number of carbonyl (C=O) groups excluding carboxylic acids is 3. The monoisotopic (exact) mass is 327 g/mol. The van der Waals surface area contributed by atoms with E-state index < -0.39 is 17.3 Å². The van der Waals surface area contributed by atoms with Crippen LogP contribution in [0.1, 0.15) is 31.1 Å². The first kappa shape index (κ1) is 16.5. The van der Waals surface area contributed by atoms with Crippen molar-refractivity contribution in [1.82, 2.24) is 0 Å². The van der Waals surface area contributed by atoms with Gasteiger partial charge in [-0.05, 0) is 0 Å². The smallest absolute Gasteiger partial charge is 0.187 e. The Kier molecular flexibility index (Phi) is 4.95. The van der Waals surface area contributed by atoms with Crippen LogP contribution in [0, 0.1) is 5.92 Å². The van der Waals surface area contributed by atoms with Gasteiger partial charge in [-0.2, -0.15) is 0 Å². The Balaban J connectivity index is 2.04. The molecule has 0 atom stereocenters. The summed E-state index contributed by atoms with van der Waals surface area (Å²) < 4.78 is 0. The molecule has 0 aliphatic heterocycles. The van der Waals surface area contributed by atoms with E-state index in [0.717, 1.165) is 0 Å². The van der Waals surface area contributed by atoms with Gasteiger partial charge in [0.2, 0.25) is 0 Å². The van der Waals surface area contributed by atoms with Crippen LogP contribution in [0.15, 0.2) is 91.0 Å². The first-order valence-electron chi connectivity index (χ1n) is 7.84. The predicted octanol–water partition coefficient (Wildman–Crippen LogP) is 4.21. The molecule has 0 heterocycles. The Hall–Kier alpha value is -3.33. The molecule has 0 spiro atoms. The molecule has 0 saturated carbocycles. The maximum absolute atomic E-state index is 12.9. The van der Waals surface area contributed by atoms with E-state index in [0.29, 0.717) is 16.7 Å². The van der Waals surface area contributed by atoms with Crippen LogP contribution >= 0.6 is 0 Å². The Morgan fingerprint density at radius 2 is 0.640 bits per heavy atom. The molecule has 0 saturated heterocycles. The second-order valence-electron chi connectivity index (χ2n) is 5.46.